The molecule has 1 heterocycles. The number of nitrogens with one attached hydrogen (secondary N) is 2. The smallest absolute Gasteiger partial charge is 0.224 e. The van der Waals surface area contributed by atoms with E-state index in [1.807, 2.05) is 6.92 Å². The normalized spacial score (nSPS) is 14.6. The van der Waals surface area contributed by atoms with Gasteiger partial charge in [0.25, 0.3) is 0 Å². The number of nitrogens with zero attached hydrogens (tertiary/aromatic N) is 1. The summed E-state index contributed by atoms with van der Waals surface area (Å²) in [6.45, 7) is 2.14. The number of carbonyl (C=O) groups excluding carboxylic acids is 2. The van der Waals surface area contributed by atoms with Crippen molar-refractivity contribution >= 4 is 23.3 Å². The molecule has 142 valence electrons. The van der Waals surface area contributed by atoms with Crippen LogP contribution in [0.3, 0.4) is 0 Å². The van der Waals surface area contributed by atoms with Crippen LogP contribution in [0.4, 0.5) is 4.39 Å². The van der Waals surface area contributed by atoms with Crippen molar-refractivity contribution in [1.82, 2.24) is 15.6 Å². The molecule has 2 N–H and O–H groups in total. The van der Waals surface area contributed by atoms with E-state index >= 15 is 4.39 Å². The predicted octanol–water partition coefficient (Wildman–Crippen LogP) is 3.63. The third-order valence-corrected chi connectivity index (χ3v) is 4.93. The number of hydrogen-bond donors (Lipinski definition) is 2. The van der Waals surface area contributed by atoms with Crippen LogP contribution in [0.5, 0.6) is 0 Å². The molecule has 0 aliphatic heterocycles. The largest absolute Gasteiger partial charge is 0.343 e. The first-order valence-electron chi connectivity index (χ1n) is 8.96. The van der Waals surface area contributed by atoms with Crippen molar-refractivity contribution in [3.05, 3.63) is 64.2 Å². The zero-order chi connectivity index (χ0) is 19.4. The van der Waals surface area contributed by atoms with Crippen LogP contribution in [0.25, 0.3) is 0 Å². The van der Waals surface area contributed by atoms with Crippen LogP contribution in [0.15, 0.2) is 36.7 Å². The molecule has 7 heteroatoms. The summed E-state index contributed by atoms with van der Waals surface area (Å²) in [5, 5.41) is 5.98. The Bertz CT molecular complexity index is 841. The minimum absolute atomic E-state index is 0.0152. The summed E-state index contributed by atoms with van der Waals surface area (Å²) in [4.78, 5) is 28.3. The van der Waals surface area contributed by atoms with Gasteiger partial charge in [0.2, 0.25) is 5.91 Å². The molecule has 1 saturated carbocycles. The first kappa shape index (κ1) is 19.5. The summed E-state index contributed by atoms with van der Waals surface area (Å²) in [7, 11) is 0. The van der Waals surface area contributed by atoms with E-state index in [4.69, 9.17) is 11.6 Å². The quantitative estimate of drug-likeness (QED) is 0.534. The van der Waals surface area contributed by atoms with Crippen LogP contribution in [0.2, 0.25) is 5.02 Å². The van der Waals surface area contributed by atoms with E-state index in [0.29, 0.717) is 12.0 Å². The monoisotopic (exact) mass is 389 g/mol. The number of carbonyl (C=O) groups is 2. The summed E-state index contributed by atoms with van der Waals surface area (Å²) in [5.41, 5.74) is 0.451. The zero-order valence-corrected chi connectivity index (χ0v) is 15.7. The standard InChI is InChI=1S/C20H21ClFN3O2/c1-2-16(24-11-25-20(27)12-5-6-12)14-7-8-15(21)17(18(14)22)19(26)13-4-3-9-23-10-13/h3-4,7-10,12,16,24H,2,5-6,11H2,1H3,(H,25,27)/t16-/m1/s1. The molecule has 0 unspecified atom stereocenters. The summed E-state index contributed by atoms with van der Waals surface area (Å²) >= 11 is 6.12. The number of amides is 1. The molecular weight excluding hydrogens is 369 g/mol. The summed E-state index contributed by atoms with van der Waals surface area (Å²) < 4.78 is 15.2. The minimum atomic E-state index is -0.649. The molecule has 0 saturated heterocycles. The number of rotatable bonds is 8. The number of aromatic nitrogens is 1. The fourth-order valence-corrected chi connectivity index (χ4v) is 3.14. The van der Waals surface area contributed by atoms with Gasteiger partial charge < -0.3 is 5.32 Å². The van der Waals surface area contributed by atoms with Crippen LogP contribution in [0.1, 0.15) is 53.7 Å². The third kappa shape index (κ3) is 4.51. The number of halogens is 2. The molecule has 1 atom stereocenters. The second-order valence-electron chi connectivity index (χ2n) is 6.55. The molecule has 5 nitrogen and oxygen atoms in total. The lowest BCUT2D eigenvalue weighted by Crippen LogP contribution is -2.37. The van der Waals surface area contributed by atoms with Gasteiger partial charge in [-0.05, 0) is 37.5 Å². The highest BCUT2D eigenvalue weighted by Gasteiger charge is 2.29. The molecule has 0 bridgehead atoms. The molecule has 27 heavy (non-hydrogen) atoms. The Balaban J connectivity index is 1.80. The highest BCUT2D eigenvalue weighted by Crippen LogP contribution is 2.30. The Morgan fingerprint density at radius 1 is 1.33 bits per heavy atom. The van der Waals surface area contributed by atoms with Gasteiger partial charge in [0.1, 0.15) is 5.82 Å². The lowest BCUT2D eigenvalue weighted by molar-refractivity contribution is -0.122. The van der Waals surface area contributed by atoms with Crippen molar-refractivity contribution < 1.29 is 14.0 Å². The number of pyridine rings is 1. The average molecular weight is 390 g/mol. The molecule has 1 fully saturated rings. The van der Waals surface area contributed by atoms with Gasteiger partial charge in [-0.15, -0.1) is 0 Å². The van der Waals surface area contributed by atoms with Crippen molar-refractivity contribution in [2.45, 2.75) is 32.2 Å². The van der Waals surface area contributed by atoms with Gasteiger partial charge in [-0.2, -0.15) is 0 Å². The Morgan fingerprint density at radius 3 is 2.74 bits per heavy atom. The summed E-state index contributed by atoms with van der Waals surface area (Å²) in [5.74, 6) is -1.03. The maximum absolute atomic E-state index is 15.2. The van der Waals surface area contributed by atoms with Crippen LogP contribution in [-0.2, 0) is 4.79 Å². The lowest BCUT2D eigenvalue weighted by atomic mass is 9.97. The lowest BCUT2D eigenvalue weighted by Gasteiger charge is -2.20. The molecule has 1 aliphatic rings. The summed E-state index contributed by atoms with van der Waals surface area (Å²) in [6, 6.07) is 5.92. The SMILES string of the molecule is CC[C@@H](NCNC(=O)C1CC1)c1ccc(Cl)c(C(=O)c2cccnc2)c1F. The van der Waals surface area contributed by atoms with Gasteiger partial charge in [0.15, 0.2) is 5.78 Å². The van der Waals surface area contributed by atoms with Crippen molar-refractivity contribution in [3.8, 4) is 0 Å². The molecule has 1 aromatic carbocycles. The van der Waals surface area contributed by atoms with Crippen molar-refractivity contribution in [2.75, 3.05) is 6.67 Å². The number of hydrogen-bond acceptors (Lipinski definition) is 4. The third-order valence-electron chi connectivity index (χ3n) is 4.61. The Kier molecular flexibility index (Phi) is 6.19. The van der Waals surface area contributed by atoms with E-state index < -0.39 is 11.6 Å². The van der Waals surface area contributed by atoms with Gasteiger partial charge in [-0.25, -0.2) is 4.39 Å². The summed E-state index contributed by atoms with van der Waals surface area (Å²) in [6.07, 6.45) is 5.35. The Morgan fingerprint density at radius 2 is 2.11 bits per heavy atom. The minimum Gasteiger partial charge on any atom is -0.343 e. The first-order valence-corrected chi connectivity index (χ1v) is 9.34. The van der Waals surface area contributed by atoms with Crippen molar-refractivity contribution in [2.24, 2.45) is 5.92 Å². The Hall–Kier alpha value is -2.31. The van der Waals surface area contributed by atoms with Gasteiger partial charge in [0, 0.05) is 35.5 Å². The molecule has 3 rings (SSSR count). The van der Waals surface area contributed by atoms with E-state index in [1.54, 1.807) is 18.2 Å². The first-order chi connectivity index (χ1) is 13.0. The van der Waals surface area contributed by atoms with Crippen LogP contribution >= 0.6 is 11.6 Å². The van der Waals surface area contributed by atoms with E-state index in [0.717, 1.165) is 12.8 Å². The molecule has 1 aromatic heterocycles. The topological polar surface area (TPSA) is 71.1 Å². The van der Waals surface area contributed by atoms with Crippen LogP contribution in [0, 0.1) is 11.7 Å². The fourth-order valence-electron chi connectivity index (χ4n) is 2.91. The molecule has 2 aromatic rings. The van der Waals surface area contributed by atoms with Gasteiger partial charge in [-0.3, -0.25) is 19.9 Å². The molecular formula is C20H21ClFN3O2. The van der Waals surface area contributed by atoms with Crippen molar-refractivity contribution in [3.63, 3.8) is 0 Å². The van der Waals surface area contributed by atoms with E-state index in [1.165, 1.54) is 18.5 Å². The highest BCUT2D eigenvalue weighted by atomic mass is 35.5. The van der Waals surface area contributed by atoms with Crippen molar-refractivity contribution in [1.29, 1.82) is 0 Å². The number of benzene rings is 1. The van der Waals surface area contributed by atoms with Gasteiger partial charge in [-0.1, -0.05) is 24.6 Å². The van der Waals surface area contributed by atoms with E-state index in [2.05, 4.69) is 15.6 Å². The maximum atomic E-state index is 15.2. The molecule has 1 aliphatic carbocycles. The predicted molar refractivity (Wildman–Crippen MR) is 101 cm³/mol. The fraction of sp³-hybridized carbons (Fsp3) is 0.350. The van der Waals surface area contributed by atoms with Crippen LogP contribution in [-0.4, -0.2) is 23.3 Å². The number of ketones is 1. The zero-order valence-electron chi connectivity index (χ0n) is 15.0. The Labute approximate surface area is 162 Å². The van der Waals surface area contributed by atoms with Crippen LogP contribution < -0.4 is 10.6 Å². The molecule has 0 spiro atoms. The van der Waals surface area contributed by atoms with E-state index in [9.17, 15) is 9.59 Å². The highest BCUT2D eigenvalue weighted by molar-refractivity contribution is 6.35. The second kappa shape index (κ2) is 8.59. The molecule has 0 radical (unpaired) electrons. The van der Waals surface area contributed by atoms with Gasteiger partial charge >= 0.3 is 0 Å². The van der Waals surface area contributed by atoms with Gasteiger partial charge in [0.05, 0.1) is 17.3 Å². The average Bonchev–Trinajstić information content (AvgIpc) is 3.52. The maximum Gasteiger partial charge on any atom is 0.224 e. The second-order valence-corrected chi connectivity index (χ2v) is 6.96. The van der Waals surface area contributed by atoms with E-state index in [-0.39, 0.29) is 40.7 Å². The molecule has 1 amide bonds.